The number of benzene rings is 2. The van der Waals surface area contributed by atoms with Crippen molar-refractivity contribution in [2.24, 2.45) is 5.73 Å². The largest absolute Gasteiger partial charge is 0.451 e. The average molecular weight is 673 g/mol. The molecule has 5 atom stereocenters. The Labute approximate surface area is 261 Å². The Morgan fingerprint density at radius 2 is 1.87 bits per heavy atom. The van der Waals surface area contributed by atoms with Gasteiger partial charge in [-0.25, -0.2) is 27.2 Å². The molecule has 2 aromatic carbocycles. The van der Waals surface area contributed by atoms with Crippen molar-refractivity contribution >= 4 is 33.2 Å². The van der Waals surface area contributed by atoms with Gasteiger partial charge < -0.3 is 16.4 Å². The number of aromatic nitrogens is 2. The van der Waals surface area contributed by atoms with Crippen molar-refractivity contribution in [2.45, 2.75) is 55.9 Å². The summed E-state index contributed by atoms with van der Waals surface area (Å²) < 4.78 is 96.0. The van der Waals surface area contributed by atoms with E-state index in [9.17, 15) is 30.8 Å². The van der Waals surface area contributed by atoms with Crippen molar-refractivity contribution in [2.75, 3.05) is 24.2 Å². The monoisotopic (exact) mass is 672 g/mol. The zero-order chi connectivity index (χ0) is 32.5. The third-order valence-corrected chi connectivity index (χ3v) is 10.4. The number of hydrogen-bond acceptors (Lipinski definition) is 7. The smallest absolute Gasteiger partial charge is 0.324 e. The molecule has 16 heteroatoms. The molecule has 1 aromatic heterocycles. The van der Waals surface area contributed by atoms with E-state index < -0.39 is 57.6 Å². The van der Waals surface area contributed by atoms with Gasteiger partial charge in [0.25, 0.3) is 0 Å². The molecule has 0 saturated carbocycles. The second-order valence-electron chi connectivity index (χ2n) is 11.1. The quantitative estimate of drug-likeness (QED) is 0.306. The lowest BCUT2D eigenvalue weighted by Crippen LogP contribution is -2.57. The summed E-state index contributed by atoms with van der Waals surface area (Å²) in [6.07, 6.45) is -1.46. The summed E-state index contributed by atoms with van der Waals surface area (Å²) in [5.74, 6) is -4.91. The van der Waals surface area contributed by atoms with Gasteiger partial charge in [-0.15, -0.1) is 0 Å². The highest BCUT2D eigenvalue weighted by Gasteiger charge is 2.38. The lowest BCUT2D eigenvalue weighted by atomic mass is 9.86. The molecule has 45 heavy (non-hydrogen) atoms. The van der Waals surface area contributed by atoms with E-state index in [0.29, 0.717) is 19.5 Å². The van der Waals surface area contributed by atoms with Gasteiger partial charge in [0.1, 0.15) is 11.6 Å². The summed E-state index contributed by atoms with van der Waals surface area (Å²) in [7, 11) is -3.47. The number of amides is 1. The number of rotatable bonds is 8. The van der Waals surface area contributed by atoms with Crippen LogP contribution in [0.15, 0.2) is 48.8 Å². The fourth-order valence-corrected chi connectivity index (χ4v) is 7.74. The Balaban J connectivity index is 1.39. The van der Waals surface area contributed by atoms with E-state index in [4.69, 9.17) is 17.3 Å². The topological polar surface area (TPSA) is 130 Å². The van der Waals surface area contributed by atoms with Crippen molar-refractivity contribution in [1.29, 1.82) is 0 Å². The van der Waals surface area contributed by atoms with Crippen molar-refractivity contribution in [1.82, 2.24) is 19.6 Å². The van der Waals surface area contributed by atoms with Crippen molar-refractivity contribution in [3.63, 3.8) is 0 Å². The fraction of sp³-hybridized carbons (Fsp3) is 0.414. The first-order valence-electron chi connectivity index (χ1n) is 14.2. The molecule has 0 spiro atoms. The first-order valence-corrected chi connectivity index (χ1v) is 16.1. The summed E-state index contributed by atoms with van der Waals surface area (Å²) >= 11 is 5.81. The molecule has 9 nitrogen and oxygen atoms in total. The van der Waals surface area contributed by atoms with Crippen LogP contribution < -0.4 is 16.4 Å². The highest BCUT2D eigenvalue weighted by Crippen LogP contribution is 2.33. The second-order valence-corrected chi connectivity index (χ2v) is 13.5. The van der Waals surface area contributed by atoms with Gasteiger partial charge in [0.2, 0.25) is 21.8 Å². The normalized spacial score (nSPS) is 22.7. The lowest BCUT2D eigenvalue weighted by molar-refractivity contribution is -0.145. The van der Waals surface area contributed by atoms with Crippen LogP contribution >= 0.6 is 11.6 Å². The predicted molar refractivity (Wildman–Crippen MR) is 157 cm³/mol. The van der Waals surface area contributed by atoms with Crippen LogP contribution in [0.25, 0.3) is 0 Å². The van der Waals surface area contributed by atoms with Crippen LogP contribution in [0, 0.1) is 11.6 Å². The fourth-order valence-electron chi connectivity index (χ4n) is 5.81. The molecule has 2 saturated heterocycles. The standard InChI is InChI=1S/C29H30ClF5N6O3S/c30-21-9-6-16(11-23(21)32)25(17-12-38-28(39-13-17)29(33,34)35)26(36)27(42)40-24-5-1-4-22(31)20(24)8-7-19-14-37-18-3-2-10-45(43,44)41(19)15-18/h1,4-6,9,11-13,18-19,25-26,37H,2-3,7-8,10,14-15,36H2,(H,40,42)/t18-,19+,25?,26?/m1/s1. The number of nitrogens with one attached hydrogen (secondary N) is 2. The van der Waals surface area contributed by atoms with Gasteiger partial charge >= 0.3 is 6.18 Å². The van der Waals surface area contributed by atoms with Crippen LogP contribution in [0.3, 0.4) is 0 Å². The van der Waals surface area contributed by atoms with Gasteiger partial charge in [-0.3, -0.25) is 4.79 Å². The second kappa shape index (κ2) is 13.2. The molecule has 1 amide bonds. The molecule has 2 bridgehead atoms. The van der Waals surface area contributed by atoms with Crippen LogP contribution in [0.5, 0.6) is 0 Å². The van der Waals surface area contributed by atoms with Crippen LogP contribution in [-0.2, 0) is 27.4 Å². The minimum absolute atomic E-state index is 0.00593. The van der Waals surface area contributed by atoms with Gasteiger partial charge in [-0.05, 0) is 61.1 Å². The highest BCUT2D eigenvalue weighted by atomic mass is 35.5. The third kappa shape index (κ3) is 7.43. The number of hydrogen-bond donors (Lipinski definition) is 3. The van der Waals surface area contributed by atoms with Gasteiger partial charge in [0.15, 0.2) is 0 Å². The van der Waals surface area contributed by atoms with E-state index in [1.165, 1.54) is 34.6 Å². The molecule has 5 rings (SSSR count). The minimum Gasteiger partial charge on any atom is -0.324 e. The van der Waals surface area contributed by atoms with Gasteiger partial charge in [0.05, 0.1) is 16.8 Å². The van der Waals surface area contributed by atoms with Gasteiger partial charge in [-0.1, -0.05) is 23.7 Å². The van der Waals surface area contributed by atoms with Crippen molar-refractivity contribution in [3.8, 4) is 0 Å². The van der Waals surface area contributed by atoms with Crippen molar-refractivity contribution < 1.29 is 35.2 Å². The number of carbonyl (C=O) groups excluding carboxylic acids is 1. The molecule has 0 aliphatic carbocycles. The highest BCUT2D eigenvalue weighted by molar-refractivity contribution is 7.89. The lowest BCUT2D eigenvalue weighted by Gasteiger charge is -2.37. The molecule has 3 aromatic rings. The SMILES string of the molecule is NC(C(=O)Nc1cccc(F)c1CC[C@H]1CN[C@@H]2CCCS(=O)(=O)N1C2)C(c1cnc(C(F)(F)F)nc1)c1ccc(Cl)c(F)c1. The van der Waals surface area contributed by atoms with Crippen LogP contribution in [-0.4, -0.2) is 65.6 Å². The maximum absolute atomic E-state index is 15.1. The first kappa shape index (κ1) is 33.1. The number of nitrogens with zero attached hydrogens (tertiary/aromatic N) is 3. The molecule has 242 valence electrons. The van der Waals surface area contributed by atoms with E-state index in [0.717, 1.165) is 24.9 Å². The molecule has 2 aliphatic rings. The summed E-state index contributed by atoms with van der Waals surface area (Å²) in [5, 5.41) is 5.74. The zero-order valence-corrected chi connectivity index (χ0v) is 25.3. The van der Waals surface area contributed by atoms with E-state index >= 15 is 4.39 Å². The van der Waals surface area contributed by atoms with Crippen LogP contribution in [0.2, 0.25) is 5.02 Å². The summed E-state index contributed by atoms with van der Waals surface area (Å²) in [6.45, 7) is 0.739. The Hall–Kier alpha value is -3.24. The van der Waals surface area contributed by atoms with Gasteiger partial charge in [-0.2, -0.15) is 17.5 Å². The first-order chi connectivity index (χ1) is 21.2. The number of alkyl halides is 3. The maximum Gasteiger partial charge on any atom is 0.451 e. The van der Waals surface area contributed by atoms with Crippen LogP contribution in [0.4, 0.5) is 27.6 Å². The molecule has 2 aliphatic heterocycles. The average Bonchev–Trinajstić information content (AvgIpc) is 3.10. The van der Waals surface area contributed by atoms with Gasteiger partial charge in [0, 0.05) is 54.7 Å². The Morgan fingerprint density at radius 1 is 1.13 bits per heavy atom. The van der Waals surface area contributed by atoms with E-state index in [1.54, 1.807) is 0 Å². The number of nitrogens with two attached hydrogens (primary N) is 1. The van der Waals surface area contributed by atoms with E-state index in [-0.39, 0.29) is 52.0 Å². The molecule has 4 N–H and O–H groups in total. The number of carbonyl (C=O) groups is 1. The Morgan fingerprint density at radius 3 is 2.56 bits per heavy atom. The Bertz CT molecular complexity index is 1660. The molecule has 0 radical (unpaired) electrons. The Kier molecular flexibility index (Phi) is 9.75. The number of halogens is 6. The van der Waals surface area contributed by atoms with Crippen LogP contribution in [0.1, 0.15) is 47.7 Å². The summed E-state index contributed by atoms with van der Waals surface area (Å²) in [6, 6.07) is 5.75. The molecule has 3 unspecified atom stereocenters. The summed E-state index contributed by atoms with van der Waals surface area (Å²) in [4.78, 5) is 20.2. The number of fused-ring (bicyclic) bond motifs is 2. The maximum atomic E-state index is 15.1. The van der Waals surface area contributed by atoms with Crippen molar-refractivity contribution in [3.05, 3.63) is 88.0 Å². The number of anilines is 1. The molecular formula is C29H30ClF5N6O3S. The number of piperazine rings is 1. The predicted octanol–water partition coefficient (Wildman–Crippen LogP) is 4.22. The molecule has 2 fully saturated rings. The third-order valence-electron chi connectivity index (χ3n) is 8.12. The minimum atomic E-state index is -4.82. The van der Waals surface area contributed by atoms with E-state index in [1.807, 2.05) is 0 Å². The van der Waals surface area contributed by atoms with E-state index in [2.05, 4.69) is 20.6 Å². The number of sulfonamides is 1. The molecular weight excluding hydrogens is 643 g/mol. The summed E-state index contributed by atoms with van der Waals surface area (Å²) in [5.41, 5.74) is 6.66. The zero-order valence-electron chi connectivity index (χ0n) is 23.7. The molecule has 3 heterocycles.